The highest BCUT2D eigenvalue weighted by atomic mass is 32.1. The van der Waals surface area contributed by atoms with Crippen LogP contribution in [-0.4, -0.2) is 19.8 Å². The summed E-state index contributed by atoms with van der Waals surface area (Å²) in [6.07, 6.45) is -4.60. The number of benzene rings is 1. The van der Waals surface area contributed by atoms with Crippen LogP contribution in [0.4, 0.5) is 18.9 Å². The monoisotopic (exact) mass is 315 g/mol. The lowest BCUT2D eigenvalue weighted by Gasteiger charge is -2.06. The third kappa shape index (κ3) is 2.61. The van der Waals surface area contributed by atoms with E-state index in [9.17, 15) is 13.2 Å². The summed E-state index contributed by atoms with van der Waals surface area (Å²) in [5.74, 6) is -0.710. The summed E-state index contributed by atoms with van der Waals surface area (Å²) in [6.45, 7) is -0.000459. The van der Waals surface area contributed by atoms with Gasteiger partial charge in [-0.05, 0) is 12.1 Å². The molecule has 0 bridgehead atoms. The Morgan fingerprint density at radius 1 is 1.24 bits per heavy atom. The number of hydrogen-bond donors (Lipinski definition) is 1. The molecule has 0 aliphatic heterocycles. The second-order valence-electron chi connectivity index (χ2n) is 4.04. The first-order valence-electron chi connectivity index (χ1n) is 5.71. The minimum absolute atomic E-state index is 0.000459. The number of nitrogens with two attached hydrogens (primary N) is 1. The van der Waals surface area contributed by atoms with Crippen molar-refractivity contribution in [3.63, 3.8) is 0 Å². The Hall–Kier alpha value is -2.36. The first kappa shape index (κ1) is 13.6. The van der Waals surface area contributed by atoms with Gasteiger partial charge in [0.05, 0.1) is 5.69 Å². The predicted molar refractivity (Wildman–Crippen MR) is 68.8 cm³/mol. The van der Waals surface area contributed by atoms with Gasteiger partial charge in [0.1, 0.15) is 12.4 Å². The number of ether oxygens (including phenoxy) is 1. The molecule has 0 aliphatic carbocycles. The molecular formula is C11H8F3N5OS. The third-order valence-electron chi connectivity index (χ3n) is 2.56. The second-order valence-corrected chi connectivity index (χ2v) is 5.08. The van der Waals surface area contributed by atoms with Gasteiger partial charge in [-0.1, -0.05) is 23.5 Å². The highest BCUT2D eigenvalue weighted by Gasteiger charge is 2.38. The van der Waals surface area contributed by atoms with Gasteiger partial charge in [-0.15, -0.1) is 10.2 Å². The Bertz CT molecular complexity index is 782. The molecule has 6 nitrogen and oxygen atoms in total. The van der Waals surface area contributed by atoms with Crippen LogP contribution in [0.5, 0.6) is 5.75 Å². The van der Waals surface area contributed by atoms with E-state index in [0.717, 1.165) is 11.3 Å². The third-order valence-corrected chi connectivity index (χ3v) is 3.43. The van der Waals surface area contributed by atoms with Gasteiger partial charge in [0.15, 0.2) is 5.01 Å². The number of alkyl halides is 3. The SMILES string of the molecule is Nc1ccccc1OCc1nn2c(C(F)(F)F)nnc2s1. The molecular weight excluding hydrogens is 307 g/mol. The fourth-order valence-corrected chi connectivity index (χ4v) is 2.39. The van der Waals surface area contributed by atoms with E-state index >= 15 is 0 Å². The number of anilines is 1. The van der Waals surface area contributed by atoms with E-state index in [0.29, 0.717) is 21.0 Å². The van der Waals surface area contributed by atoms with Crippen LogP contribution in [-0.2, 0) is 12.8 Å². The maximum Gasteiger partial charge on any atom is 0.453 e. The Morgan fingerprint density at radius 2 is 2.00 bits per heavy atom. The smallest absolute Gasteiger partial charge is 0.453 e. The average molecular weight is 315 g/mol. The van der Waals surface area contributed by atoms with Crippen LogP contribution < -0.4 is 10.5 Å². The van der Waals surface area contributed by atoms with Crippen molar-refractivity contribution in [1.29, 1.82) is 0 Å². The number of fused-ring (bicyclic) bond motifs is 1. The molecule has 2 aromatic heterocycles. The fourth-order valence-electron chi connectivity index (χ4n) is 1.64. The molecule has 110 valence electrons. The lowest BCUT2D eigenvalue weighted by molar-refractivity contribution is -0.146. The van der Waals surface area contributed by atoms with Gasteiger partial charge in [0, 0.05) is 0 Å². The molecule has 0 atom stereocenters. The van der Waals surface area contributed by atoms with E-state index < -0.39 is 12.0 Å². The average Bonchev–Trinajstić information content (AvgIpc) is 2.96. The molecule has 0 unspecified atom stereocenters. The van der Waals surface area contributed by atoms with Crippen molar-refractivity contribution in [1.82, 2.24) is 19.8 Å². The minimum atomic E-state index is -4.60. The highest BCUT2D eigenvalue weighted by molar-refractivity contribution is 7.16. The van der Waals surface area contributed by atoms with E-state index in [1.807, 2.05) is 0 Å². The molecule has 0 radical (unpaired) electrons. The van der Waals surface area contributed by atoms with Crippen LogP contribution >= 0.6 is 11.3 Å². The van der Waals surface area contributed by atoms with Crippen LogP contribution in [0.15, 0.2) is 24.3 Å². The van der Waals surface area contributed by atoms with Crippen LogP contribution in [0.2, 0.25) is 0 Å². The van der Waals surface area contributed by atoms with Crippen molar-refractivity contribution < 1.29 is 17.9 Å². The van der Waals surface area contributed by atoms with Crippen molar-refractivity contribution >= 4 is 22.0 Å². The number of para-hydroxylation sites is 2. The molecule has 0 saturated heterocycles. The van der Waals surface area contributed by atoms with Gasteiger partial charge < -0.3 is 10.5 Å². The van der Waals surface area contributed by atoms with Gasteiger partial charge in [0.25, 0.3) is 5.82 Å². The van der Waals surface area contributed by atoms with Gasteiger partial charge in [-0.2, -0.15) is 22.8 Å². The number of hydrogen-bond acceptors (Lipinski definition) is 6. The summed E-state index contributed by atoms with van der Waals surface area (Å²) in [6, 6.07) is 6.82. The quantitative estimate of drug-likeness (QED) is 0.751. The first-order valence-corrected chi connectivity index (χ1v) is 6.52. The van der Waals surface area contributed by atoms with E-state index in [4.69, 9.17) is 10.5 Å². The summed E-state index contributed by atoms with van der Waals surface area (Å²) < 4.78 is 44.1. The van der Waals surface area contributed by atoms with Crippen molar-refractivity contribution in [3.8, 4) is 5.75 Å². The molecule has 10 heteroatoms. The Balaban J connectivity index is 1.83. The summed E-state index contributed by atoms with van der Waals surface area (Å²) >= 11 is 0.972. The van der Waals surface area contributed by atoms with Crippen molar-refractivity contribution in [3.05, 3.63) is 35.1 Å². The minimum Gasteiger partial charge on any atom is -0.484 e. The molecule has 2 heterocycles. The zero-order chi connectivity index (χ0) is 15.0. The number of rotatable bonds is 3. The number of nitrogen functional groups attached to an aromatic ring is 1. The Morgan fingerprint density at radius 3 is 2.71 bits per heavy atom. The normalized spacial score (nSPS) is 12.0. The standard InChI is InChI=1S/C11H8F3N5OS/c12-11(13,14)9-16-17-10-19(9)18-8(21-10)5-20-7-4-2-1-3-6(7)15/h1-4H,5,15H2. The Kier molecular flexibility index (Phi) is 3.16. The van der Waals surface area contributed by atoms with Crippen LogP contribution in [0, 0.1) is 0 Å². The topological polar surface area (TPSA) is 78.3 Å². The summed E-state index contributed by atoms with van der Waals surface area (Å²) in [5, 5.41) is 10.7. The predicted octanol–water partition coefficient (Wildman–Crippen LogP) is 2.37. The molecule has 0 saturated carbocycles. The molecule has 3 aromatic rings. The van der Waals surface area contributed by atoms with Gasteiger partial charge >= 0.3 is 6.18 Å². The Labute approximate surface area is 120 Å². The van der Waals surface area contributed by atoms with Crippen molar-refractivity contribution in [2.24, 2.45) is 0 Å². The molecule has 3 rings (SSSR count). The maximum absolute atomic E-state index is 12.7. The van der Waals surface area contributed by atoms with Crippen molar-refractivity contribution in [2.45, 2.75) is 12.8 Å². The maximum atomic E-state index is 12.7. The van der Waals surface area contributed by atoms with Crippen molar-refractivity contribution in [2.75, 3.05) is 5.73 Å². The molecule has 1 aromatic carbocycles. The molecule has 0 fully saturated rings. The number of halogens is 3. The van der Waals surface area contributed by atoms with E-state index in [1.54, 1.807) is 24.3 Å². The zero-order valence-corrected chi connectivity index (χ0v) is 11.1. The van der Waals surface area contributed by atoms with Crippen LogP contribution in [0.1, 0.15) is 10.8 Å². The molecule has 0 spiro atoms. The molecule has 2 N–H and O–H groups in total. The summed E-state index contributed by atoms with van der Waals surface area (Å²) in [5.41, 5.74) is 6.14. The van der Waals surface area contributed by atoms with Crippen LogP contribution in [0.25, 0.3) is 4.96 Å². The first-order chi connectivity index (χ1) is 9.95. The molecule has 0 amide bonds. The van der Waals surface area contributed by atoms with E-state index in [1.165, 1.54) is 0 Å². The molecule has 0 aliphatic rings. The van der Waals surface area contributed by atoms with Gasteiger partial charge in [0.2, 0.25) is 4.96 Å². The highest BCUT2D eigenvalue weighted by Crippen LogP contribution is 2.29. The lowest BCUT2D eigenvalue weighted by Crippen LogP contribution is -2.11. The largest absolute Gasteiger partial charge is 0.484 e. The fraction of sp³-hybridized carbons (Fsp3) is 0.182. The summed E-state index contributed by atoms with van der Waals surface area (Å²) in [7, 11) is 0. The molecule has 21 heavy (non-hydrogen) atoms. The van der Waals surface area contributed by atoms with Gasteiger partial charge in [-0.25, -0.2) is 0 Å². The van der Waals surface area contributed by atoms with Gasteiger partial charge in [-0.3, -0.25) is 0 Å². The summed E-state index contributed by atoms with van der Waals surface area (Å²) in [4.78, 5) is 0.0574. The lowest BCUT2D eigenvalue weighted by atomic mass is 10.3. The van der Waals surface area contributed by atoms with E-state index in [-0.39, 0.29) is 11.6 Å². The zero-order valence-electron chi connectivity index (χ0n) is 10.3. The second kappa shape index (κ2) is 4.88. The van der Waals surface area contributed by atoms with E-state index in [2.05, 4.69) is 15.3 Å². The number of aromatic nitrogens is 4. The van der Waals surface area contributed by atoms with Crippen LogP contribution in [0.3, 0.4) is 0 Å². The number of nitrogens with zero attached hydrogens (tertiary/aromatic N) is 4.